The molecule has 1 aliphatic heterocycles. The molecule has 0 spiro atoms. The lowest BCUT2D eigenvalue weighted by atomic mass is 10.2. The predicted molar refractivity (Wildman–Crippen MR) is 135 cm³/mol. The van der Waals surface area contributed by atoms with Gasteiger partial charge in [0, 0.05) is 43.6 Å². The van der Waals surface area contributed by atoms with E-state index >= 15 is 0 Å². The number of urea groups is 1. The van der Waals surface area contributed by atoms with E-state index in [0.29, 0.717) is 28.0 Å². The van der Waals surface area contributed by atoms with Crippen LogP contribution in [0.4, 0.5) is 39.2 Å². The van der Waals surface area contributed by atoms with Gasteiger partial charge in [0.1, 0.15) is 18.0 Å². The molecule has 2 amide bonds. The van der Waals surface area contributed by atoms with E-state index in [1.165, 1.54) is 24.1 Å². The normalized spacial score (nSPS) is 14.1. The van der Waals surface area contributed by atoms with Gasteiger partial charge in [0.15, 0.2) is 0 Å². The van der Waals surface area contributed by atoms with E-state index in [9.17, 15) is 4.79 Å². The molecule has 5 N–H and O–H groups in total. The number of halogens is 2. The third-order valence-electron chi connectivity index (χ3n) is 5.25. The zero-order chi connectivity index (χ0) is 23.4. The maximum absolute atomic E-state index is 12.4. The molecule has 0 bridgehead atoms. The Morgan fingerprint density at radius 3 is 2.36 bits per heavy atom. The maximum atomic E-state index is 12.4. The lowest BCUT2D eigenvalue weighted by molar-refractivity contribution is 0.262. The number of piperazine rings is 1. The van der Waals surface area contributed by atoms with Gasteiger partial charge in [-0.05, 0) is 43.4 Å². The lowest BCUT2D eigenvalue weighted by Crippen LogP contribution is -2.44. The highest BCUT2D eigenvalue weighted by Gasteiger charge is 2.14. The SMILES string of the molecule is CN1CCN(c2ccc(Nc3cc(NC(=O)Nc4cc(Cl)c(N)cc4Cl)ncn3)cc2)CC1. The van der Waals surface area contributed by atoms with Crippen LogP contribution in [0.2, 0.25) is 10.0 Å². The third-order valence-corrected chi connectivity index (χ3v) is 5.89. The van der Waals surface area contributed by atoms with Crippen LogP contribution < -0.4 is 26.6 Å². The van der Waals surface area contributed by atoms with Crippen molar-refractivity contribution in [3.63, 3.8) is 0 Å². The lowest BCUT2D eigenvalue weighted by Gasteiger charge is -2.34. The Bertz CT molecular complexity index is 1130. The number of likely N-dealkylation sites (N-methyl/N-ethyl adjacent to an activating group) is 1. The number of carbonyl (C=O) groups excluding carboxylic acids is 1. The number of amides is 2. The Morgan fingerprint density at radius 2 is 1.64 bits per heavy atom. The van der Waals surface area contributed by atoms with Crippen molar-refractivity contribution in [2.45, 2.75) is 0 Å². The molecule has 0 atom stereocenters. The van der Waals surface area contributed by atoms with Crippen molar-refractivity contribution in [3.8, 4) is 0 Å². The van der Waals surface area contributed by atoms with Crippen LogP contribution in [0.3, 0.4) is 0 Å². The van der Waals surface area contributed by atoms with Gasteiger partial charge in [-0.1, -0.05) is 23.2 Å². The van der Waals surface area contributed by atoms with Gasteiger partial charge in [-0.3, -0.25) is 5.32 Å². The first-order valence-electron chi connectivity index (χ1n) is 10.3. The quantitative estimate of drug-likeness (QED) is 0.392. The summed E-state index contributed by atoms with van der Waals surface area (Å²) in [7, 11) is 2.14. The number of anilines is 6. The molecule has 0 unspecified atom stereocenters. The number of nitrogens with one attached hydrogen (secondary N) is 3. The molecule has 2 aromatic carbocycles. The first kappa shape index (κ1) is 22.9. The summed E-state index contributed by atoms with van der Waals surface area (Å²) in [4.78, 5) is 25.4. The van der Waals surface area contributed by atoms with E-state index in [0.717, 1.165) is 31.9 Å². The van der Waals surface area contributed by atoms with Crippen LogP contribution in [0.25, 0.3) is 0 Å². The molecule has 3 aromatic rings. The van der Waals surface area contributed by atoms with Crippen molar-refractivity contribution < 1.29 is 4.79 Å². The number of hydrogen-bond acceptors (Lipinski definition) is 7. The molecule has 33 heavy (non-hydrogen) atoms. The van der Waals surface area contributed by atoms with Crippen molar-refractivity contribution in [2.24, 2.45) is 0 Å². The zero-order valence-corrected chi connectivity index (χ0v) is 19.5. The summed E-state index contributed by atoms with van der Waals surface area (Å²) >= 11 is 12.1. The van der Waals surface area contributed by atoms with Crippen LogP contribution in [-0.4, -0.2) is 54.1 Å². The second-order valence-electron chi connectivity index (χ2n) is 7.68. The molecule has 1 saturated heterocycles. The molecular formula is C22H24Cl2N8O. The number of rotatable bonds is 5. The van der Waals surface area contributed by atoms with Crippen LogP contribution in [0, 0.1) is 0 Å². The fourth-order valence-corrected chi connectivity index (χ4v) is 3.77. The van der Waals surface area contributed by atoms with Gasteiger partial charge in [-0.2, -0.15) is 0 Å². The highest BCUT2D eigenvalue weighted by atomic mass is 35.5. The van der Waals surface area contributed by atoms with E-state index in [4.69, 9.17) is 28.9 Å². The Morgan fingerprint density at radius 1 is 0.939 bits per heavy atom. The molecule has 9 nitrogen and oxygen atoms in total. The minimum atomic E-state index is -0.529. The Balaban J connectivity index is 1.37. The first-order valence-corrected chi connectivity index (χ1v) is 11.1. The summed E-state index contributed by atoms with van der Waals surface area (Å²) in [6, 6.07) is 12.2. The fourth-order valence-electron chi connectivity index (χ4n) is 3.39. The standard InChI is InChI=1S/C22H24Cl2N8O/c1-31-6-8-32(9-7-31)15-4-2-14(3-5-15)28-20-12-21(27-13-26-20)30-22(33)29-19-11-16(23)18(25)10-17(19)24/h2-5,10-13H,6-9,25H2,1H3,(H3,26,27,28,29,30,33). The Kier molecular flexibility index (Phi) is 7.02. The molecule has 0 aliphatic carbocycles. The highest BCUT2D eigenvalue weighted by molar-refractivity contribution is 6.37. The fraction of sp³-hybridized carbons (Fsp3) is 0.227. The molecule has 1 aliphatic rings. The molecule has 1 aromatic heterocycles. The molecule has 0 saturated carbocycles. The van der Waals surface area contributed by atoms with Crippen LogP contribution in [0.15, 0.2) is 48.8 Å². The summed E-state index contributed by atoms with van der Waals surface area (Å²) in [5.41, 5.74) is 8.44. The number of hydrogen-bond donors (Lipinski definition) is 4. The van der Waals surface area contributed by atoms with Gasteiger partial charge < -0.3 is 26.2 Å². The molecule has 2 heterocycles. The van der Waals surface area contributed by atoms with Crippen LogP contribution in [0.5, 0.6) is 0 Å². The number of carbonyl (C=O) groups is 1. The van der Waals surface area contributed by atoms with Crippen molar-refractivity contribution >= 4 is 63.6 Å². The van der Waals surface area contributed by atoms with Gasteiger partial charge in [0.25, 0.3) is 0 Å². The van der Waals surface area contributed by atoms with Crippen molar-refractivity contribution in [2.75, 3.05) is 59.8 Å². The second kappa shape index (κ2) is 10.1. The average Bonchev–Trinajstić information content (AvgIpc) is 2.79. The number of nitrogens with two attached hydrogens (primary N) is 1. The summed E-state index contributed by atoms with van der Waals surface area (Å²) in [5, 5.41) is 9.07. The van der Waals surface area contributed by atoms with Crippen molar-refractivity contribution in [3.05, 3.63) is 58.8 Å². The minimum absolute atomic E-state index is 0.275. The summed E-state index contributed by atoms with van der Waals surface area (Å²) < 4.78 is 0. The predicted octanol–water partition coefficient (Wildman–Crippen LogP) is 4.51. The van der Waals surface area contributed by atoms with Crippen LogP contribution in [0.1, 0.15) is 0 Å². The highest BCUT2D eigenvalue weighted by Crippen LogP contribution is 2.31. The summed E-state index contributed by atoms with van der Waals surface area (Å²) in [6.45, 7) is 4.14. The van der Waals surface area contributed by atoms with Crippen LogP contribution >= 0.6 is 23.2 Å². The molecule has 172 valence electrons. The number of benzene rings is 2. The molecule has 1 fully saturated rings. The number of nitrogens with zero attached hydrogens (tertiary/aromatic N) is 4. The third kappa shape index (κ3) is 5.95. The zero-order valence-electron chi connectivity index (χ0n) is 18.0. The monoisotopic (exact) mass is 486 g/mol. The molecular weight excluding hydrogens is 463 g/mol. The molecule has 11 heteroatoms. The minimum Gasteiger partial charge on any atom is -0.397 e. The second-order valence-corrected chi connectivity index (χ2v) is 8.50. The van der Waals surface area contributed by atoms with Gasteiger partial charge in [0.05, 0.1) is 21.4 Å². The van der Waals surface area contributed by atoms with Crippen molar-refractivity contribution in [1.82, 2.24) is 14.9 Å². The van der Waals surface area contributed by atoms with E-state index in [1.807, 2.05) is 12.1 Å². The van der Waals surface area contributed by atoms with Gasteiger partial charge >= 0.3 is 6.03 Å². The Labute approximate surface area is 201 Å². The van der Waals surface area contributed by atoms with Gasteiger partial charge in [-0.15, -0.1) is 0 Å². The molecule has 0 radical (unpaired) electrons. The number of nitrogen functional groups attached to an aromatic ring is 1. The maximum Gasteiger partial charge on any atom is 0.324 e. The Hall–Kier alpha value is -3.27. The average molecular weight is 487 g/mol. The summed E-state index contributed by atoms with van der Waals surface area (Å²) in [5.74, 6) is 0.859. The van der Waals surface area contributed by atoms with Gasteiger partial charge in [0.2, 0.25) is 0 Å². The topological polar surface area (TPSA) is 111 Å². The first-order chi connectivity index (χ1) is 15.9. The van der Waals surface area contributed by atoms with E-state index in [-0.39, 0.29) is 5.02 Å². The molecule has 4 rings (SSSR count). The van der Waals surface area contributed by atoms with Crippen LogP contribution in [-0.2, 0) is 0 Å². The van der Waals surface area contributed by atoms with Gasteiger partial charge in [-0.25, -0.2) is 14.8 Å². The van der Waals surface area contributed by atoms with E-state index < -0.39 is 6.03 Å². The van der Waals surface area contributed by atoms with Crippen molar-refractivity contribution in [1.29, 1.82) is 0 Å². The van der Waals surface area contributed by atoms with E-state index in [2.05, 4.69) is 54.9 Å². The smallest absolute Gasteiger partial charge is 0.324 e. The summed E-state index contributed by atoms with van der Waals surface area (Å²) in [6.07, 6.45) is 1.36. The number of aromatic nitrogens is 2. The van der Waals surface area contributed by atoms with E-state index in [1.54, 1.807) is 6.07 Å². The largest absolute Gasteiger partial charge is 0.397 e.